The van der Waals surface area contributed by atoms with Gasteiger partial charge in [-0.3, -0.25) is 14.4 Å². The van der Waals surface area contributed by atoms with Crippen molar-refractivity contribution >= 4 is 17.8 Å². The van der Waals surface area contributed by atoms with Gasteiger partial charge in [-0.15, -0.1) is 13.2 Å². The highest BCUT2D eigenvalue weighted by atomic mass is 16.5. The standard InChI is InChI=1S/C22H36N2O5/c1-3-5-6-7-11-20(27)29-15-14-23-21(28)18(10-4-2)16-19(26)24-22(17-25)12-8-9-13-22/h3-4,18,25H,1-2,5-17H2,(H,23,28)(H,24,26)/t18-/m1/s1. The molecule has 7 heteroatoms. The fourth-order valence-electron chi connectivity index (χ4n) is 3.54. The van der Waals surface area contributed by atoms with E-state index in [-0.39, 0.29) is 44.0 Å². The Kier molecular flexibility index (Phi) is 12.0. The van der Waals surface area contributed by atoms with Crippen molar-refractivity contribution in [3.8, 4) is 0 Å². The van der Waals surface area contributed by atoms with Gasteiger partial charge in [0.25, 0.3) is 0 Å². The van der Waals surface area contributed by atoms with E-state index in [1.54, 1.807) is 6.08 Å². The molecule has 3 N–H and O–H groups in total. The molecule has 1 atom stereocenters. The molecule has 0 radical (unpaired) electrons. The van der Waals surface area contributed by atoms with Crippen molar-refractivity contribution in [3.63, 3.8) is 0 Å². The number of aliphatic hydroxyl groups is 1. The summed E-state index contributed by atoms with van der Waals surface area (Å²) in [6, 6.07) is 0. The molecule has 0 heterocycles. The Labute approximate surface area is 174 Å². The number of carbonyl (C=O) groups excluding carboxylic acids is 3. The molecule has 0 aromatic rings. The third kappa shape index (κ3) is 9.74. The second-order valence-corrected chi connectivity index (χ2v) is 7.67. The summed E-state index contributed by atoms with van der Waals surface area (Å²) >= 11 is 0. The Balaban J connectivity index is 2.34. The first-order valence-electron chi connectivity index (χ1n) is 10.5. The van der Waals surface area contributed by atoms with Crippen LogP contribution < -0.4 is 10.6 Å². The Morgan fingerprint density at radius 3 is 2.48 bits per heavy atom. The van der Waals surface area contributed by atoms with Crippen molar-refractivity contribution in [2.75, 3.05) is 19.8 Å². The number of ether oxygens (including phenoxy) is 1. The van der Waals surface area contributed by atoms with E-state index in [0.717, 1.165) is 44.9 Å². The lowest BCUT2D eigenvalue weighted by atomic mass is 9.96. The number of nitrogens with one attached hydrogen (secondary N) is 2. The van der Waals surface area contributed by atoms with Gasteiger partial charge in [0.05, 0.1) is 24.6 Å². The van der Waals surface area contributed by atoms with Crippen LogP contribution >= 0.6 is 0 Å². The van der Waals surface area contributed by atoms with Crippen molar-refractivity contribution in [2.24, 2.45) is 5.92 Å². The largest absolute Gasteiger partial charge is 0.464 e. The highest BCUT2D eigenvalue weighted by Crippen LogP contribution is 2.29. The molecule has 0 saturated heterocycles. The SMILES string of the molecule is C=CCCCCC(=O)OCCNC(=O)[C@H](CC=C)CC(=O)NC1(CO)CCCC1. The lowest BCUT2D eigenvalue weighted by Crippen LogP contribution is -2.50. The molecule has 0 aromatic carbocycles. The van der Waals surface area contributed by atoms with Gasteiger partial charge in [0.2, 0.25) is 11.8 Å². The molecule has 0 bridgehead atoms. The highest BCUT2D eigenvalue weighted by Gasteiger charge is 2.35. The first-order valence-corrected chi connectivity index (χ1v) is 10.5. The third-order valence-corrected chi connectivity index (χ3v) is 5.23. The zero-order chi connectivity index (χ0) is 21.5. The minimum Gasteiger partial charge on any atom is -0.464 e. The van der Waals surface area contributed by atoms with Crippen LogP contribution in [0.4, 0.5) is 0 Å². The van der Waals surface area contributed by atoms with E-state index < -0.39 is 11.5 Å². The van der Waals surface area contributed by atoms with Crippen LogP contribution in [0.1, 0.15) is 64.2 Å². The van der Waals surface area contributed by atoms with Gasteiger partial charge in [-0.25, -0.2) is 0 Å². The number of allylic oxidation sites excluding steroid dienone is 2. The molecular formula is C22H36N2O5. The fourth-order valence-corrected chi connectivity index (χ4v) is 3.54. The second-order valence-electron chi connectivity index (χ2n) is 7.67. The average molecular weight is 409 g/mol. The Bertz CT molecular complexity index is 555. The first kappa shape index (κ1) is 24.9. The minimum absolute atomic E-state index is 0.0305. The summed E-state index contributed by atoms with van der Waals surface area (Å²) in [5, 5.41) is 15.3. The van der Waals surface area contributed by atoms with Crippen LogP contribution in [0.5, 0.6) is 0 Å². The van der Waals surface area contributed by atoms with E-state index in [1.807, 2.05) is 6.08 Å². The molecule has 0 unspecified atom stereocenters. The van der Waals surface area contributed by atoms with Crippen LogP contribution in [0.15, 0.2) is 25.3 Å². The van der Waals surface area contributed by atoms with Gasteiger partial charge < -0.3 is 20.5 Å². The van der Waals surface area contributed by atoms with E-state index in [0.29, 0.717) is 12.8 Å². The molecule has 29 heavy (non-hydrogen) atoms. The molecule has 7 nitrogen and oxygen atoms in total. The molecule has 0 spiro atoms. The summed E-state index contributed by atoms with van der Waals surface area (Å²) in [7, 11) is 0. The van der Waals surface area contributed by atoms with Crippen LogP contribution in [0.3, 0.4) is 0 Å². The van der Waals surface area contributed by atoms with Gasteiger partial charge in [0.15, 0.2) is 0 Å². The molecule has 2 amide bonds. The summed E-state index contributed by atoms with van der Waals surface area (Å²) in [6.45, 7) is 7.51. The van der Waals surface area contributed by atoms with Gasteiger partial charge in [-0.1, -0.05) is 25.0 Å². The number of amides is 2. The van der Waals surface area contributed by atoms with Crippen LogP contribution in [-0.2, 0) is 19.1 Å². The van der Waals surface area contributed by atoms with Crippen molar-refractivity contribution in [1.82, 2.24) is 10.6 Å². The zero-order valence-corrected chi connectivity index (χ0v) is 17.4. The van der Waals surface area contributed by atoms with Crippen LogP contribution in [0, 0.1) is 5.92 Å². The van der Waals surface area contributed by atoms with Crippen molar-refractivity contribution in [2.45, 2.75) is 69.7 Å². The summed E-state index contributed by atoms with van der Waals surface area (Å²) in [5.74, 6) is -1.34. The summed E-state index contributed by atoms with van der Waals surface area (Å²) < 4.78 is 5.10. The molecule has 0 aromatic heterocycles. The van der Waals surface area contributed by atoms with Gasteiger partial charge in [-0.2, -0.15) is 0 Å². The van der Waals surface area contributed by atoms with Gasteiger partial charge >= 0.3 is 5.97 Å². The third-order valence-electron chi connectivity index (χ3n) is 5.23. The number of esters is 1. The van der Waals surface area contributed by atoms with Crippen molar-refractivity contribution in [1.29, 1.82) is 0 Å². The van der Waals surface area contributed by atoms with E-state index in [1.165, 1.54) is 0 Å². The molecule has 1 aliphatic rings. The smallest absolute Gasteiger partial charge is 0.305 e. The van der Waals surface area contributed by atoms with Gasteiger partial charge in [0.1, 0.15) is 6.61 Å². The molecule has 1 saturated carbocycles. The number of aliphatic hydroxyl groups excluding tert-OH is 1. The first-order chi connectivity index (χ1) is 14.0. The summed E-state index contributed by atoms with van der Waals surface area (Å²) in [5.41, 5.74) is -0.549. The Morgan fingerprint density at radius 1 is 1.14 bits per heavy atom. The maximum absolute atomic E-state index is 12.4. The maximum atomic E-state index is 12.4. The van der Waals surface area contributed by atoms with Crippen LogP contribution in [-0.4, -0.2) is 48.2 Å². The van der Waals surface area contributed by atoms with Crippen LogP contribution in [0.25, 0.3) is 0 Å². The summed E-state index contributed by atoms with van der Waals surface area (Å²) in [6.07, 6.45) is 10.2. The zero-order valence-electron chi connectivity index (χ0n) is 17.4. The predicted octanol–water partition coefficient (Wildman–Crippen LogP) is 2.40. The van der Waals surface area contributed by atoms with Crippen molar-refractivity contribution < 1.29 is 24.2 Å². The monoisotopic (exact) mass is 408 g/mol. The molecule has 1 aliphatic carbocycles. The van der Waals surface area contributed by atoms with Crippen molar-refractivity contribution in [3.05, 3.63) is 25.3 Å². The lowest BCUT2D eigenvalue weighted by Gasteiger charge is -2.28. The minimum atomic E-state index is -0.549. The Morgan fingerprint density at radius 2 is 1.86 bits per heavy atom. The quantitative estimate of drug-likeness (QED) is 0.219. The number of unbranched alkanes of at least 4 members (excludes halogenated alkanes) is 2. The summed E-state index contributed by atoms with van der Waals surface area (Å²) in [4.78, 5) is 36.4. The second kappa shape index (κ2) is 13.9. The number of rotatable bonds is 15. The molecule has 0 aliphatic heterocycles. The number of hydrogen-bond acceptors (Lipinski definition) is 5. The van der Waals surface area contributed by atoms with E-state index >= 15 is 0 Å². The van der Waals surface area contributed by atoms with E-state index in [9.17, 15) is 19.5 Å². The fraction of sp³-hybridized carbons (Fsp3) is 0.682. The topological polar surface area (TPSA) is 105 Å². The molecule has 1 rings (SSSR count). The van der Waals surface area contributed by atoms with E-state index in [4.69, 9.17) is 4.74 Å². The van der Waals surface area contributed by atoms with Gasteiger partial charge in [0, 0.05) is 12.8 Å². The predicted molar refractivity (Wildman–Crippen MR) is 112 cm³/mol. The maximum Gasteiger partial charge on any atom is 0.305 e. The van der Waals surface area contributed by atoms with E-state index in [2.05, 4.69) is 23.8 Å². The normalized spacial score (nSPS) is 15.9. The Hall–Kier alpha value is -2.15. The van der Waals surface area contributed by atoms with Crippen LogP contribution in [0.2, 0.25) is 0 Å². The molecule has 164 valence electrons. The average Bonchev–Trinajstić information content (AvgIpc) is 3.17. The number of carbonyl (C=O) groups is 3. The molecular weight excluding hydrogens is 372 g/mol. The highest BCUT2D eigenvalue weighted by molar-refractivity contribution is 5.86. The number of hydrogen-bond donors (Lipinski definition) is 3. The molecule has 1 fully saturated rings. The lowest BCUT2D eigenvalue weighted by molar-refractivity contribution is -0.144. The van der Waals surface area contributed by atoms with Gasteiger partial charge in [-0.05, 0) is 38.5 Å².